The first-order valence-electron chi connectivity index (χ1n) is 21.6. The number of para-hydroxylation sites is 1. The fraction of sp³-hybridized carbons (Fsp3) is 0.0862. The van der Waals surface area contributed by atoms with Crippen molar-refractivity contribution >= 4 is 38.3 Å². The van der Waals surface area contributed by atoms with Crippen LogP contribution in [0.1, 0.15) is 52.8 Å². The molecule has 0 saturated heterocycles. The van der Waals surface area contributed by atoms with Crippen LogP contribution in [0.15, 0.2) is 205 Å². The fourth-order valence-corrected chi connectivity index (χ4v) is 9.81. The van der Waals surface area contributed by atoms with Crippen LogP contribution in [-0.4, -0.2) is 15.0 Å². The van der Waals surface area contributed by atoms with Gasteiger partial charge in [-0.05, 0) is 99.3 Å². The number of nitrogens with zero attached hydrogens (tertiary/aromatic N) is 3. The molecule has 4 nitrogen and oxygen atoms in total. The second-order valence-electron chi connectivity index (χ2n) is 16.6. The Balaban J connectivity index is 1.07. The van der Waals surface area contributed by atoms with Crippen molar-refractivity contribution in [2.24, 2.45) is 0 Å². The van der Waals surface area contributed by atoms with E-state index in [2.05, 4.69) is 200 Å². The van der Waals surface area contributed by atoms with Crippen LogP contribution in [-0.2, 0) is 6.42 Å². The molecule has 10 aromatic rings. The molecule has 8 aromatic carbocycles. The summed E-state index contributed by atoms with van der Waals surface area (Å²) < 4.78 is 6.87. The summed E-state index contributed by atoms with van der Waals surface area (Å²) in [4.78, 5) is 16.0. The number of allylic oxidation sites excluding steroid dienone is 4. The van der Waals surface area contributed by atoms with E-state index < -0.39 is 0 Å². The van der Waals surface area contributed by atoms with Gasteiger partial charge >= 0.3 is 0 Å². The summed E-state index contributed by atoms with van der Waals surface area (Å²) in [5.41, 5.74) is 14.6. The maximum absolute atomic E-state index is 6.87. The third-order valence-electron chi connectivity index (χ3n) is 12.9. The third-order valence-corrected chi connectivity index (χ3v) is 12.9. The molecule has 0 bridgehead atoms. The van der Waals surface area contributed by atoms with E-state index >= 15 is 0 Å². The number of furan rings is 1. The van der Waals surface area contributed by atoms with Gasteiger partial charge < -0.3 is 4.42 Å². The van der Waals surface area contributed by atoms with Crippen LogP contribution in [0.25, 0.3) is 83.3 Å². The highest BCUT2D eigenvalue weighted by Crippen LogP contribution is 2.47. The predicted molar refractivity (Wildman–Crippen MR) is 254 cm³/mol. The van der Waals surface area contributed by atoms with Gasteiger partial charge in [0.15, 0.2) is 17.5 Å². The van der Waals surface area contributed by atoms with Gasteiger partial charge in [0.05, 0.1) is 0 Å². The van der Waals surface area contributed by atoms with E-state index in [1.165, 1.54) is 38.6 Å². The largest absolute Gasteiger partial charge is 0.456 e. The Bertz CT molecular complexity index is 3400. The van der Waals surface area contributed by atoms with Crippen molar-refractivity contribution < 1.29 is 4.42 Å². The molecule has 4 heteroatoms. The molecule has 62 heavy (non-hydrogen) atoms. The highest BCUT2D eigenvalue weighted by molar-refractivity contribution is 6.07. The number of aryl methyl sites for hydroxylation is 1. The van der Waals surface area contributed by atoms with E-state index in [4.69, 9.17) is 19.4 Å². The summed E-state index contributed by atoms with van der Waals surface area (Å²) in [6.07, 6.45) is 9.53. The number of benzene rings is 8. The molecule has 0 saturated carbocycles. The SMILES string of the molecule is C1=CC(c2nc(-c3cccc(-c4ccccc4)c3)nc(-c3cc([C@H]4CCc5cc6ccccc6cc5-c5ccccc54)c4oc5ccccc5c4c3)n2)=CC(c2ccccc2)C1. The molecule has 0 amide bonds. The predicted octanol–water partition coefficient (Wildman–Crippen LogP) is 14.8. The molecule has 0 spiro atoms. The van der Waals surface area contributed by atoms with Crippen LogP contribution < -0.4 is 0 Å². The van der Waals surface area contributed by atoms with Crippen molar-refractivity contribution in [1.29, 1.82) is 0 Å². The Morgan fingerprint density at radius 2 is 1.18 bits per heavy atom. The molecular weight excluding hydrogens is 755 g/mol. The van der Waals surface area contributed by atoms with Gasteiger partial charge in [-0.15, -0.1) is 0 Å². The maximum atomic E-state index is 6.87. The average molecular weight is 796 g/mol. The lowest BCUT2D eigenvalue weighted by atomic mass is 9.84. The van der Waals surface area contributed by atoms with E-state index in [1.54, 1.807) is 0 Å². The maximum Gasteiger partial charge on any atom is 0.164 e. The number of hydrogen-bond donors (Lipinski definition) is 0. The first kappa shape index (κ1) is 36.2. The minimum Gasteiger partial charge on any atom is -0.456 e. The van der Waals surface area contributed by atoms with E-state index in [9.17, 15) is 0 Å². The molecule has 2 aromatic heterocycles. The van der Waals surface area contributed by atoms with Gasteiger partial charge in [0, 0.05) is 44.9 Å². The van der Waals surface area contributed by atoms with Crippen LogP contribution in [0.3, 0.4) is 0 Å². The second-order valence-corrected chi connectivity index (χ2v) is 16.6. The van der Waals surface area contributed by atoms with Crippen LogP contribution >= 0.6 is 0 Å². The van der Waals surface area contributed by atoms with Crippen LogP contribution in [0.5, 0.6) is 0 Å². The molecule has 0 radical (unpaired) electrons. The molecule has 2 atom stereocenters. The smallest absolute Gasteiger partial charge is 0.164 e. The monoisotopic (exact) mass is 795 g/mol. The van der Waals surface area contributed by atoms with Gasteiger partial charge in [0.2, 0.25) is 0 Å². The first-order valence-corrected chi connectivity index (χ1v) is 21.6. The lowest BCUT2D eigenvalue weighted by molar-refractivity contribution is 0.647. The molecule has 0 aliphatic heterocycles. The molecule has 2 aliphatic carbocycles. The molecular formula is C58H41N3O. The zero-order valence-corrected chi connectivity index (χ0v) is 34.1. The molecule has 2 heterocycles. The number of aromatic nitrogens is 3. The summed E-state index contributed by atoms with van der Waals surface area (Å²) in [7, 11) is 0. The zero-order chi connectivity index (χ0) is 41.0. The molecule has 294 valence electrons. The standard InChI is InChI=1S/C58H41N3O/c1-3-15-37(16-4-1)39-21-13-23-44(32-39)56-59-57(45-24-14-22-40(33-45)38-17-5-2-6-18-38)61-58(60-56)46-35-52(55-53(36-46)50-27-11-12-28-54(50)62-55)49-30-29-43-31-41-19-7-8-20-42(41)34-51(43)48-26-10-9-25-47(48)49/h1-21,23-28,31-36,40,49H,22,29-30H2/t40?,49-/m0/s1. The van der Waals surface area contributed by atoms with Crippen molar-refractivity contribution in [3.8, 4) is 45.0 Å². The van der Waals surface area contributed by atoms with Gasteiger partial charge in [-0.3, -0.25) is 0 Å². The van der Waals surface area contributed by atoms with E-state index in [1.807, 2.05) is 0 Å². The van der Waals surface area contributed by atoms with Crippen molar-refractivity contribution in [2.75, 3.05) is 0 Å². The third kappa shape index (κ3) is 6.43. The summed E-state index contributed by atoms with van der Waals surface area (Å²) in [5, 5.41) is 4.68. The number of fused-ring (bicyclic) bond motifs is 7. The van der Waals surface area contributed by atoms with Gasteiger partial charge in [0.1, 0.15) is 11.2 Å². The quantitative estimate of drug-likeness (QED) is 0.168. The lowest BCUT2D eigenvalue weighted by Gasteiger charge is -2.20. The van der Waals surface area contributed by atoms with E-state index in [0.29, 0.717) is 17.5 Å². The Hall–Kier alpha value is -7.69. The molecule has 2 aliphatic rings. The van der Waals surface area contributed by atoms with Crippen molar-refractivity contribution in [3.63, 3.8) is 0 Å². The molecule has 12 rings (SSSR count). The van der Waals surface area contributed by atoms with Crippen molar-refractivity contribution in [2.45, 2.75) is 31.1 Å². The van der Waals surface area contributed by atoms with Crippen LogP contribution in [0.2, 0.25) is 0 Å². The first-order chi connectivity index (χ1) is 30.7. The summed E-state index contributed by atoms with van der Waals surface area (Å²) in [5.74, 6) is 2.21. The van der Waals surface area contributed by atoms with E-state index in [-0.39, 0.29) is 11.8 Å². The summed E-state index contributed by atoms with van der Waals surface area (Å²) in [6.45, 7) is 0. The molecule has 1 unspecified atom stereocenters. The van der Waals surface area contributed by atoms with Crippen LogP contribution in [0, 0.1) is 0 Å². The zero-order valence-electron chi connectivity index (χ0n) is 34.1. The number of hydrogen-bond acceptors (Lipinski definition) is 4. The van der Waals surface area contributed by atoms with Gasteiger partial charge in [-0.2, -0.15) is 0 Å². The fourth-order valence-electron chi connectivity index (χ4n) is 9.81. The summed E-state index contributed by atoms with van der Waals surface area (Å²) in [6, 6.07) is 65.1. The van der Waals surface area contributed by atoms with Gasteiger partial charge in [0.25, 0.3) is 0 Å². The average Bonchev–Trinajstić information content (AvgIpc) is 3.65. The minimum absolute atomic E-state index is 0.0590. The lowest BCUT2D eigenvalue weighted by Crippen LogP contribution is -2.06. The van der Waals surface area contributed by atoms with Crippen molar-refractivity contribution in [3.05, 3.63) is 228 Å². The Kier molecular flexibility index (Phi) is 8.81. The topological polar surface area (TPSA) is 51.8 Å². The van der Waals surface area contributed by atoms with Crippen LogP contribution in [0.4, 0.5) is 0 Å². The summed E-state index contributed by atoms with van der Waals surface area (Å²) >= 11 is 0. The molecule has 0 fully saturated rings. The minimum atomic E-state index is 0.0590. The normalized spacial score (nSPS) is 15.9. The van der Waals surface area contributed by atoms with Gasteiger partial charge in [-0.25, -0.2) is 15.0 Å². The van der Waals surface area contributed by atoms with E-state index in [0.717, 1.165) is 74.6 Å². The van der Waals surface area contributed by atoms with Gasteiger partial charge in [-0.1, -0.05) is 170 Å². The highest BCUT2D eigenvalue weighted by atomic mass is 16.3. The van der Waals surface area contributed by atoms with Crippen molar-refractivity contribution in [1.82, 2.24) is 15.0 Å². The second kappa shape index (κ2) is 15.1. The Morgan fingerprint density at radius 1 is 0.484 bits per heavy atom. The highest BCUT2D eigenvalue weighted by Gasteiger charge is 2.28. The Labute approximate surface area is 360 Å². The molecule has 0 N–H and O–H groups in total. The number of rotatable bonds is 6. The Morgan fingerprint density at radius 3 is 2.05 bits per heavy atom.